The minimum Gasteiger partial charge on any atom is -0.495 e. The molecule has 0 aliphatic carbocycles. The minimum absolute atomic E-state index is 0.0289. The first kappa shape index (κ1) is 18.7. The molecule has 1 N–H and O–H groups in total. The zero-order valence-electron chi connectivity index (χ0n) is 15.1. The lowest BCUT2D eigenvalue weighted by molar-refractivity contribution is -0.118. The van der Waals surface area contributed by atoms with Gasteiger partial charge in [0.15, 0.2) is 6.61 Å². The number of amides is 2. The SMILES string of the molecule is COc1ccccc1NC(=O)COc1ccc(C(=O)N2CCOCC2)cc1. The largest absolute Gasteiger partial charge is 0.495 e. The minimum atomic E-state index is -0.298. The summed E-state index contributed by atoms with van der Waals surface area (Å²) >= 11 is 0. The predicted octanol–water partition coefficient (Wildman–Crippen LogP) is 2.19. The third-order valence-corrected chi connectivity index (χ3v) is 4.15. The van der Waals surface area contributed by atoms with Crippen LogP contribution in [0, 0.1) is 0 Å². The molecule has 3 rings (SSSR count). The Kier molecular flexibility index (Phi) is 6.27. The molecule has 0 bridgehead atoms. The van der Waals surface area contributed by atoms with E-state index in [2.05, 4.69) is 5.32 Å². The number of anilines is 1. The lowest BCUT2D eigenvalue weighted by Crippen LogP contribution is -2.40. The average Bonchev–Trinajstić information content (AvgIpc) is 2.73. The van der Waals surface area contributed by atoms with Crippen molar-refractivity contribution >= 4 is 17.5 Å². The van der Waals surface area contributed by atoms with Crippen molar-refractivity contribution in [1.29, 1.82) is 0 Å². The number of nitrogens with one attached hydrogen (secondary N) is 1. The van der Waals surface area contributed by atoms with Crippen LogP contribution in [0.25, 0.3) is 0 Å². The summed E-state index contributed by atoms with van der Waals surface area (Å²) in [5.74, 6) is 0.771. The van der Waals surface area contributed by atoms with Crippen LogP contribution in [0.5, 0.6) is 11.5 Å². The fourth-order valence-corrected chi connectivity index (χ4v) is 2.73. The lowest BCUT2D eigenvalue weighted by Gasteiger charge is -2.26. The number of hydrogen-bond acceptors (Lipinski definition) is 5. The van der Waals surface area contributed by atoms with Gasteiger partial charge >= 0.3 is 0 Å². The van der Waals surface area contributed by atoms with E-state index in [9.17, 15) is 9.59 Å². The maximum absolute atomic E-state index is 12.4. The highest BCUT2D eigenvalue weighted by Crippen LogP contribution is 2.23. The highest BCUT2D eigenvalue weighted by molar-refractivity contribution is 5.94. The molecule has 2 aromatic carbocycles. The smallest absolute Gasteiger partial charge is 0.262 e. The Labute approximate surface area is 157 Å². The van der Waals surface area contributed by atoms with Crippen LogP contribution >= 0.6 is 0 Å². The molecule has 0 aromatic heterocycles. The van der Waals surface area contributed by atoms with Crippen molar-refractivity contribution in [3.8, 4) is 11.5 Å². The predicted molar refractivity (Wildman–Crippen MR) is 100 cm³/mol. The second-order valence-corrected chi connectivity index (χ2v) is 5.97. The van der Waals surface area contributed by atoms with Gasteiger partial charge in [-0.05, 0) is 36.4 Å². The van der Waals surface area contributed by atoms with Crippen molar-refractivity contribution in [3.63, 3.8) is 0 Å². The van der Waals surface area contributed by atoms with Gasteiger partial charge in [0.25, 0.3) is 11.8 Å². The molecule has 0 radical (unpaired) electrons. The second-order valence-electron chi connectivity index (χ2n) is 5.97. The number of carbonyl (C=O) groups excluding carboxylic acids is 2. The first-order valence-electron chi connectivity index (χ1n) is 8.70. The summed E-state index contributed by atoms with van der Waals surface area (Å²) in [4.78, 5) is 26.2. The Bertz CT molecular complexity index is 785. The monoisotopic (exact) mass is 370 g/mol. The fraction of sp³-hybridized carbons (Fsp3) is 0.300. The summed E-state index contributed by atoms with van der Waals surface area (Å²) < 4.78 is 15.9. The van der Waals surface area contributed by atoms with Crippen molar-refractivity contribution in [2.75, 3.05) is 45.3 Å². The van der Waals surface area contributed by atoms with Gasteiger partial charge in [-0.3, -0.25) is 9.59 Å². The maximum atomic E-state index is 12.4. The summed E-state index contributed by atoms with van der Waals surface area (Å²) in [7, 11) is 1.54. The van der Waals surface area contributed by atoms with Crippen molar-refractivity contribution in [2.24, 2.45) is 0 Å². The highest BCUT2D eigenvalue weighted by Gasteiger charge is 2.18. The van der Waals surface area contributed by atoms with Crippen molar-refractivity contribution in [1.82, 2.24) is 4.90 Å². The maximum Gasteiger partial charge on any atom is 0.262 e. The van der Waals surface area contributed by atoms with Gasteiger partial charge in [0.1, 0.15) is 11.5 Å². The molecule has 7 heteroatoms. The van der Waals surface area contributed by atoms with E-state index in [-0.39, 0.29) is 18.4 Å². The average molecular weight is 370 g/mol. The summed E-state index contributed by atoms with van der Waals surface area (Å²) in [6.45, 7) is 2.18. The lowest BCUT2D eigenvalue weighted by atomic mass is 10.2. The van der Waals surface area contributed by atoms with Crippen LogP contribution in [0.3, 0.4) is 0 Å². The zero-order valence-corrected chi connectivity index (χ0v) is 15.1. The summed E-state index contributed by atoms with van der Waals surface area (Å²) in [5.41, 5.74) is 1.17. The van der Waals surface area contributed by atoms with Gasteiger partial charge in [0.05, 0.1) is 26.0 Å². The molecule has 142 valence electrons. The molecule has 1 heterocycles. The number of para-hydroxylation sites is 2. The third kappa shape index (κ3) is 4.98. The number of rotatable bonds is 6. The number of benzene rings is 2. The standard InChI is InChI=1S/C20H22N2O5/c1-25-18-5-3-2-4-17(18)21-19(23)14-27-16-8-6-15(7-9-16)20(24)22-10-12-26-13-11-22/h2-9H,10-14H2,1H3,(H,21,23). The third-order valence-electron chi connectivity index (χ3n) is 4.15. The summed E-state index contributed by atoms with van der Waals surface area (Å²) in [5, 5.41) is 2.74. The Morgan fingerprint density at radius 1 is 1.07 bits per heavy atom. The van der Waals surface area contributed by atoms with Crippen LogP contribution in [0.4, 0.5) is 5.69 Å². The molecule has 2 amide bonds. The fourth-order valence-electron chi connectivity index (χ4n) is 2.73. The highest BCUT2D eigenvalue weighted by atomic mass is 16.5. The van der Waals surface area contributed by atoms with Crippen molar-refractivity contribution in [3.05, 3.63) is 54.1 Å². The van der Waals surface area contributed by atoms with Gasteiger partial charge < -0.3 is 24.4 Å². The van der Waals surface area contributed by atoms with E-state index >= 15 is 0 Å². The van der Waals surface area contributed by atoms with Crippen molar-refractivity contribution < 1.29 is 23.8 Å². The van der Waals surface area contributed by atoms with E-state index in [1.165, 1.54) is 0 Å². The van der Waals surface area contributed by atoms with E-state index in [0.29, 0.717) is 49.1 Å². The molecule has 0 spiro atoms. The van der Waals surface area contributed by atoms with Gasteiger partial charge in [-0.1, -0.05) is 12.1 Å². The normalized spacial score (nSPS) is 13.7. The molecule has 0 unspecified atom stereocenters. The van der Waals surface area contributed by atoms with E-state index in [0.717, 1.165) is 0 Å². The van der Waals surface area contributed by atoms with Gasteiger partial charge in [-0.25, -0.2) is 0 Å². The van der Waals surface area contributed by atoms with Crippen LogP contribution in [0.1, 0.15) is 10.4 Å². The molecule has 7 nitrogen and oxygen atoms in total. The molecule has 1 aliphatic heterocycles. The molecule has 1 saturated heterocycles. The number of carbonyl (C=O) groups is 2. The Balaban J connectivity index is 1.52. The number of ether oxygens (including phenoxy) is 3. The number of hydrogen-bond donors (Lipinski definition) is 1. The molecule has 1 aliphatic rings. The molecule has 0 saturated carbocycles. The zero-order chi connectivity index (χ0) is 19.1. The molecule has 27 heavy (non-hydrogen) atoms. The molecule has 2 aromatic rings. The first-order chi connectivity index (χ1) is 13.2. The second kappa shape index (κ2) is 9.05. The number of morpholine rings is 1. The molecule has 1 fully saturated rings. The number of nitrogens with zero attached hydrogens (tertiary/aromatic N) is 1. The van der Waals surface area contributed by atoms with Crippen LogP contribution in [-0.4, -0.2) is 56.7 Å². The van der Waals surface area contributed by atoms with Crippen LogP contribution in [-0.2, 0) is 9.53 Å². The van der Waals surface area contributed by atoms with E-state index in [1.54, 1.807) is 48.4 Å². The van der Waals surface area contributed by atoms with E-state index < -0.39 is 0 Å². The van der Waals surface area contributed by atoms with E-state index in [4.69, 9.17) is 14.2 Å². The molecule has 0 atom stereocenters. The summed E-state index contributed by atoms with van der Waals surface area (Å²) in [6.07, 6.45) is 0. The van der Waals surface area contributed by atoms with Crippen LogP contribution < -0.4 is 14.8 Å². The Hall–Kier alpha value is -3.06. The quantitative estimate of drug-likeness (QED) is 0.843. The van der Waals surface area contributed by atoms with Crippen molar-refractivity contribution in [2.45, 2.75) is 0 Å². The molecular weight excluding hydrogens is 348 g/mol. The van der Waals surface area contributed by atoms with Crippen LogP contribution in [0.15, 0.2) is 48.5 Å². The van der Waals surface area contributed by atoms with E-state index in [1.807, 2.05) is 12.1 Å². The Morgan fingerprint density at radius 3 is 2.48 bits per heavy atom. The number of methoxy groups -OCH3 is 1. The summed E-state index contributed by atoms with van der Waals surface area (Å²) in [6, 6.07) is 13.9. The van der Waals surface area contributed by atoms with Crippen LogP contribution in [0.2, 0.25) is 0 Å². The Morgan fingerprint density at radius 2 is 1.78 bits per heavy atom. The topological polar surface area (TPSA) is 77.1 Å². The van der Waals surface area contributed by atoms with Gasteiger partial charge in [-0.15, -0.1) is 0 Å². The van der Waals surface area contributed by atoms with Gasteiger partial charge in [-0.2, -0.15) is 0 Å². The van der Waals surface area contributed by atoms with Gasteiger partial charge in [0, 0.05) is 18.7 Å². The first-order valence-corrected chi connectivity index (χ1v) is 8.70. The molecular formula is C20H22N2O5. The van der Waals surface area contributed by atoms with Gasteiger partial charge in [0.2, 0.25) is 0 Å².